The molecule has 8 heteroatoms. The number of halogens is 1. The second-order valence-corrected chi connectivity index (χ2v) is 8.54. The van der Waals surface area contributed by atoms with Crippen LogP contribution < -0.4 is 15.0 Å². The highest BCUT2D eigenvalue weighted by molar-refractivity contribution is 7.09. The zero-order valence-electron chi connectivity index (χ0n) is 16.5. The van der Waals surface area contributed by atoms with E-state index in [9.17, 15) is 4.79 Å². The van der Waals surface area contributed by atoms with Crippen LogP contribution in [-0.2, 0) is 6.42 Å². The maximum Gasteiger partial charge on any atom is 0.271 e. The van der Waals surface area contributed by atoms with Crippen molar-refractivity contribution in [1.82, 2.24) is 15.5 Å². The number of carbonyl (C=O) groups is 1. The van der Waals surface area contributed by atoms with Gasteiger partial charge in [0.25, 0.3) is 5.91 Å². The number of anilines is 1. The molecule has 0 saturated carbocycles. The lowest BCUT2D eigenvalue weighted by Crippen LogP contribution is -2.39. The van der Waals surface area contributed by atoms with Crippen molar-refractivity contribution >= 4 is 34.7 Å². The summed E-state index contributed by atoms with van der Waals surface area (Å²) in [7, 11) is 0. The van der Waals surface area contributed by atoms with Gasteiger partial charge in [-0.15, -0.1) is 21.5 Å². The molecule has 0 aliphatic carbocycles. The van der Waals surface area contributed by atoms with Crippen LogP contribution in [0.1, 0.15) is 28.2 Å². The molecule has 1 N–H and O–H groups in total. The summed E-state index contributed by atoms with van der Waals surface area (Å²) < 4.78 is 6.04. The first-order chi connectivity index (χ1) is 14.7. The average Bonchev–Trinajstić information content (AvgIpc) is 3.29. The molecule has 0 atom stereocenters. The molecule has 6 nitrogen and oxygen atoms in total. The van der Waals surface area contributed by atoms with E-state index in [1.165, 1.54) is 4.88 Å². The second kappa shape index (κ2) is 9.91. The fourth-order valence-electron chi connectivity index (χ4n) is 3.38. The molecular formula is C22H23ClN4O2S. The Morgan fingerprint density at radius 3 is 2.67 bits per heavy atom. The number of amides is 1. The number of aromatic nitrogens is 2. The smallest absolute Gasteiger partial charge is 0.271 e. The van der Waals surface area contributed by atoms with Gasteiger partial charge in [0.1, 0.15) is 11.9 Å². The Bertz CT molecular complexity index is 958. The Morgan fingerprint density at radius 1 is 1.13 bits per heavy atom. The first-order valence-electron chi connectivity index (χ1n) is 9.99. The van der Waals surface area contributed by atoms with Gasteiger partial charge in [0.2, 0.25) is 0 Å². The molecule has 3 heterocycles. The standard InChI is InChI=1S/C22H23ClN4O2S/c23-18-5-1-2-6-20(18)29-16-10-13-27(14-11-16)21-8-7-19(25-26-21)22(28)24-12-9-17-4-3-15-30-17/h1-8,15-16H,9-14H2,(H,24,28). The number of rotatable bonds is 7. The normalized spacial score (nSPS) is 14.5. The Labute approximate surface area is 184 Å². The monoisotopic (exact) mass is 442 g/mol. The highest BCUT2D eigenvalue weighted by Gasteiger charge is 2.22. The number of nitrogens with zero attached hydrogens (tertiary/aromatic N) is 3. The summed E-state index contributed by atoms with van der Waals surface area (Å²) in [5, 5.41) is 13.9. The number of thiophene rings is 1. The lowest BCUT2D eigenvalue weighted by molar-refractivity contribution is 0.0948. The predicted octanol–water partition coefficient (Wildman–Crippen LogP) is 4.21. The summed E-state index contributed by atoms with van der Waals surface area (Å²) in [6, 6.07) is 15.2. The van der Waals surface area contributed by atoms with E-state index < -0.39 is 0 Å². The van der Waals surface area contributed by atoms with Gasteiger partial charge < -0.3 is 15.0 Å². The lowest BCUT2D eigenvalue weighted by atomic mass is 10.1. The van der Waals surface area contributed by atoms with Crippen molar-refractivity contribution in [3.8, 4) is 5.75 Å². The van der Waals surface area contributed by atoms with Crippen molar-refractivity contribution in [1.29, 1.82) is 0 Å². The Balaban J connectivity index is 1.25. The van der Waals surface area contributed by atoms with Crippen LogP contribution >= 0.6 is 22.9 Å². The Hall–Kier alpha value is -2.64. The zero-order valence-corrected chi connectivity index (χ0v) is 18.0. The van der Waals surface area contributed by atoms with Gasteiger partial charge >= 0.3 is 0 Å². The number of hydrogen-bond donors (Lipinski definition) is 1. The third-order valence-electron chi connectivity index (χ3n) is 5.02. The SMILES string of the molecule is O=C(NCCc1cccs1)c1ccc(N2CCC(Oc3ccccc3Cl)CC2)nn1. The summed E-state index contributed by atoms with van der Waals surface area (Å²) >= 11 is 7.87. The minimum absolute atomic E-state index is 0.127. The molecule has 156 valence electrons. The molecule has 2 aromatic heterocycles. The van der Waals surface area contributed by atoms with Gasteiger partial charge in [-0.2, -0.15) is 0 Å². The number of ether oxygens (including phenoxy) is 1. The van der Waals surface area contributed by atoms with Crippen molar-refractivity contribution < 1.29 is 9.53 Å². The van der Waals surface area contributed by atoms with Crippen molar-refractivity contribution in [3.05, 3.63) is 69.5 Å². The third-order valence-corrected chi connectivity index (χ3v) is 6.26. The van der Waals surface area contributed by atoms with E-state index in [1.807, 2.05) is 41.8 Å². The van der Waals surface area contributed by atoms with Crippen molar-refractivity contribution in [2.24, 2.45) is 0 Å². The number of piperidine rings is 1. The van der Waals surface area contributed by atoms with Crippen LogP contribution in [0, 0.1) is 0 Å². The van der Waals surface area contributed by atoms with E-state index in [0.29, 0.717) is 17.3 Å². The minimum atomic E-state index is -0.197. The van der Waals surface area contributed by atoms with Crippen LogP contribution in [0.25, 0.3) is 0 Å². The highest BCUT2D eigenvalue weighted by Crippen LogP contribution is 2.27. The first kappa shape index (κ1) is 20.6. The summed E-state index contributed by atoms with van der Waals surface area (Å²) in [6.45, 7) is 2.22. The molecule has 4 rings (SSSR count). The van der Waals surface area contributed by atoms with Crippen LogP contribution in [0.2, 0.25) is 5.02 Å². The quantitative estimate of drug-likeness (QED) is 0.593. The van der Waals surface area contributed by atoms with Crippen LogP contribution in [0.3, 0.4) is 0 Å². The van der Waals surface area contributed by atoms with Gasteiger partial charge in [0.15, 0.2) is 11.5 Å². The molecule has 1 amide bonds. The van der Waals surface area contributed by atoms with E-state index in [-0.39, 0.29) is 12.0 Å². The lowest BCUT2D eigenvalue weighted by Gasteiger charge is -2.32. The van der Waals surface area contributed by atoms with E-state index in [2.05, 4.69) is 26.5 Å². The first-order valence-corrected chi connectivity index (χ1v) is 11.3. The van der Waals surface area contributed by atoms with Crippen molar-refractivity contribution in [3.63, 3.8) is 0 Å². The maximum absolute atomic E-state index is 12.3. The predicted molar refractivity (Wildman–Crippen MR) is 120 cm³/mol. The summed E-state index contributed by atoms with van der Waals surface area (Å²) in [4.78, 5) is 15.7. The number of para-hydroxylation sites is 1. The maximum atomic E-state index is 12.3. The molecule has 30 heavy (non-hydrogen) atoms. The molecule has 1 aliphatic heterocycles. The molecule has 1 fully saturated rings. The Morgan fingerprint density at radius 2 is 1.97 bits per heavy atom. The van der Waals surface area contributed by atoms with Crippen LogP contribution in [0.15, 0.2) is 53.9 Å². The van der Waals surface area contributed by atoms with Gasteiger partial charge in [-0.3, -0.25) is 4.79 Å². The molecule has 0 spiro atoms. The summed E-state index contributed by atoms with van der Waals surface area (Å²) in [5.41, 5.74) is 0.335. The third kappa shape index (κ3) is 5.29. The van der Waals surface area contributed by atoms with E-state index in [4.69, 9.17) is 16.3 Å². The van der Waals surface area contributed by atoms with Gasteiger partial charge in [0, 0.05) is 37.4 Å². The van der Waals surface area contributed by atoms with E-state index in [0.717, 1.165) is 43.9 Å². The van der Waals surface area contributed by atoms with Gasteiger partial charge in [-0.1, -0.05) is 29.8 Å². The molecule has 0 unspecified atom stereocenters. The topological polar surface area (TPSA) is 67.4 Å². The molecule has 1 aromatic carbocycles. The summed E-state index contributed by atoms with van der Waals surface area (Å²) in [6.07, 6.45) is 2.69. The molecule has 0 bridgehead atoms. The summed E-state index contributed by atoms with van der Waals surface area (Å²) in [5.74, 6) is 1.31. The average molecular weight is 443 g/mol. The second-order valence-electron chi connectivity index (χ2n) is 7.10. The van der Waals surface area contributed by atoms with Crippen molar-refractivity contribution in [2.45, 2.75) is 25.4 Å². The number of benzene rings is 1. The van der Waals surface area contributed by atoms with Crippen LogP contribution in [0.5, 0.6) is 5.75 Å². The number of carbonyl (C=O) groups excluding carboxylic acids is 1. The van der Waals surface area contributed by atoms with Gasteiger partial charge in [-0.05, 0) is 42.1 Å². The Kier molecular flexibility index (Phi) is 6.81. The fourth-order valence-corrected chi connectivity index (χ4v) is 4.27. The van der Waals surface area contributed by atoms with Gasteiger partial charge in [0.05, 0.1) is 5.02 Å². The van der Waals surface area contributed by atoms with Crippen LogP contribution in [0.4, 0.5) is 5.82 Å². The molecule has 3 aromatic rings. The molecule has 1 aliphatic rings. The number of nitrogens with one attached hydrogen (secondary N) is 1. The molecule has 0 radical (unpaired) electrons. The molecule has 1 saturated heterocycles. The molecular weight excluding hydrogens is 420 g/mol. The largest absolute Gasteiger partial charge is 0.489 e. The zero-order chi connectivity index (χ0) is 20.8. The van der Waals surface area contributed by atoms with Crippen molar-refractivity contribution in [2.75, 3.05) is 24.5 Å². The van der Waals surface area contributed by atoms with Crippen LogP contribution in [-0.4, -0.2) is 41.8 Å². The van der Waals surface area contributed by atoms with Gasteiger partial charge in [-0.25, -0.2) is 0 Å². The highest BCUT2D eigenvalue weighted by atomic mass is 35.5. The van der Waals surface area contributed by atoms with E-state index in [1.54, 1.807) is 17.4 Å². The minimum Gasteiger partial charge on any atom is -0.489 e. The fraction of sp³-hybridized carbons (Fsp3) is 0.318. The number of hydrogen-bond acceptors (Lipinski definition) is 6. The van der Waals surface area contributed by atoms with E-state index >= 15 is 0 Å².